The van der Waals surface area contributed by atoms with E-state index in [2.05, 4.69) is 17.0 Å². The number of rotatable bonds is 1. The van der Waals surface area contributed by atoms with Crippen molar-refractivity contribution in [3.05, 3.63) is 58.6 Å². The summed E-state index contributed by atoms with van der Waals surface area (Å²) in [6.45, 7) is 4.66. The lowest BCUT2D eigenvalue weighted by Crippen LogP contribution is -2.47. The van der Waals surface area contributed by atoms with Gasteiger partial charge in [0.2, 0.25) is 5.91 Å². The lowest BCUT2D eigenvalue weighted by Gasteiger charge is -2.37. The number of halogens is 1. The summed E-state index contributed by atoms with van der Waals surface area (Å²) in [6.07, 6.45) is 2.15. The summed E-state index contributed by atoms with van der Waals surface area (Å²) in [5, 5.41) is 0.682. The fraction of sp³-hybridized carbons (Fsp3) is 0.250. The number of hydrogen-bond acceptors (Lipinski definition) is 3. The molecule has 4 nitrogen and oxygen atoms in total. The van der Waals surface area contributed by atoms with Gasteiger partial charge >= 0.3 is 0 Å². The Morgan fingerprint density at radius 1 is 1.04 bits per heavy atom. The number of piperazine rings is 1. The lowest BCUT2D eigenvalue weighted by molar-refractivity contribution is -0.130. The van der Waals surface area contributed by atoms with Crippen molar-refractivity contribution in [1.29, 1.82) is 0 Å². The average Bonchev–Trinajstić information content (AvgIpc) is 2.78. The van der Waals surface area contributed by atoms with Gasteiger partial charge in [-0.1, -0.05) is 29.8 Å². The number of carbonyl (C=O) groups excluding carboxylic acids is 1. The van der Waals surface area contributed by atoms with Crippen molar-refractivity contribution >= 4 is 29.3 Å². The summed E-state index contributed by atoms with van der Waals surface area (Å²) in [6, 6.07) is 13.7. The Morgan fingerprint density at radius 2 is 1.80 bits per heavy atom. The fourth-order valence-corrected chi connectivity index (χ4v) is 3.52. The zero-order chi connectivity index (χ0) is 17.4. The van der Waals surface area contributed by atoms with Crippen molar-refractivity contribution in [2.45, 2.75) is 6.92 Å². The predicted octanol–water partition coefficient (Wildman–Crippen LogP) is 4.11. The average molecular weight is 355 g/mol. The van der Waals surface area contributed by atoms with Crippen LogP contribution in [0.1, 0.15) is 18.1 Å². The molecular formula is C20H19ClN2O2. The third-order valence-electron chi connectivity index (χ3n) is 4.71. The Kier molecular flexibility index (Phi) is 4.14. The molecule has 2 aliphatic heterocycles. The number of carbonyl (C=O) groups is 1. The molecule has 0 N–H and O–H groups in total. The van der Waals surface area contributed by atoms with Gasteiger partial charge in [0.25, 0.3) is 0 Å². The summed E-state index contributed by atoms with van der Waals surface area (Å²) in [5.74, 6) is 1.77. The van der Waals surface area contributed by atoms with E-state index in [-0.39, 0.29) is 5.91 Å². The van der Waals surface area contributed by atoms with Gasteiger partial charge < -0.3 is 14.5 Å². The molecule has 2 aromatic carbocycles. The van der Waals surface area contributed by atoms with Crippen molar-refractivity contribution in [3.63, 3.8) is 0 Å². The summed E-state index contributed by atoms with van der Waals surface area (Å²) in [4.78, 5) is 15.8. The van der Waals surface area contributed by atoms with Gasteiger partial charge in [0.05, 0.1) is 0 Å². The van der Waals surface area contributed by atoms with Crippen molar-refractivity contribution in [2.24, 2.45) is 0 Å². The third-order valence-corrected chi connectivity index (χ3v) is 4.95. The second-order valence-electron chi connectivity index (χ2n) is 6.30. The highest BCUT2D eigenvalue weighted by molar-refractivity contribution is 6.30. The molecule has 25 heavy (non-hydrogen) atoms. The summed E-state index contributed by atoms with van der Waals surface area (Å²) in [7, 11) is 0. The van der Waals surface area contributed by atoms with Crippen LogP contribution in [0.25, 0.3) is 11.8 Å². The third kappa shape index (κ3) is 3.10. The molecule has 1 saturated heterocycles. The topological polar surface area (TPSA) is 32.8 Å². The van der Waals surface area contributed by atoms with E-state index in [1.54, 1.807) is 6.92 Å². The number of benzene rings is 2. The molecular weight excluding hydrogens is 336 g/mol. The van der Waals surface area contributed by atoms with Crippen LogP contribution < -0.4 is 4.74 Å². The summed E-state index contributed by atoms with van der Waals surface area (Å²) < 4.78 is 6.14. The molecule has 0 aromatic heterocycles. The van der Waals surface area contributed by atoms with Crippen molar-refractivity contribution in [1.82, 2.24) is 9.80 Å². The number of hydrogen-bond donors (Lipinski definition) is 0. The predicted molar refractivity (Wildman–Crippen MR) is 99.7 cm³/mol. The molecule has 0 bridgehead atoms. The number of nitrogens with zero attached hydrogens (tertiary/aromatic N) is 2. The molecule has 0 saturated carbocycles. The quantitative estimate of drug-likeness (QED) is 0.772. The molecule has 2 heterocycles. The van der Waals surface area contributed by atoms with E-state index in [9.17, 15) is 4.79 Å². The van der Waals surface area contributed by atoms with E-state index in [1.807, 2.05) is 41.3 Å². The number of amides is 1. The van der Waals surface area contributed by atoms with Crippen LogP contribution in [0.2, 0.25) is 5.02 Å². The Labute approximate surface area is 152 Å². The minimum atomic E-state index is 0.131. The maximum Gasteiger partial charge on any atom is 0.219 e. The molecule has 4 rings (SSSR count). The number of fused-ring (bicyclic) bond motifs is 2. The number of ether oxygens (including phenoxy) is 1. The lowest BCUT2D eigenvalue weighted by atomic mass is 10.1. The van der Waals surface area contributed by atoms with Gasteiger partial charge in [-0.15, -0.1) is 0 Å². The second-order valence-corrected chi connectivity index (χ2v) is 6.74. The molecule has 1 fully saturated rings. The van der Waals surface area contributed by atoms with Crippen LogP contribution in [0.5, 0.6) is 11.5 Å². The summed E-state index contributed by atoms with van der Waals surface area (Å²) >= 11 is 6.26. The van der Waals surface area contributed by atoms with Crippen LogP contribution in [0.4, 0.5) is 0 Å². The zero-order valence-corrected chi connectivity index (χ0v) is 14.8. The van der Waals surface area contributed by atoms with E-state index in [0.717, 1.165) is 54.5 Å². The Bertz CT molecular complexity index is 855. The molecule has 1 amide bonds. The maximum atomic E-state index is 11.6. The zero-order valence-electron chi connectivity index (χ0n) is 14.0. The van der Waals surface area contributed by atoms with Gasteiger partial charge in [0, 0.05) is 54.9 Å². The van der Waals surface area contributed by atoms with Gasteiger partial charge in [0.15, 0.2) is 0 Å². The Hall–Kier alpha value is -2.46. The first-order valence-electron chi connectivity index (χ1n) is 8.41. The highest BCUT2D eigenvalue weighted by Gasteiger charge is 2.25. The van der Waals surface area contributed by atoms with Crippen LogP contribution in [-0.4, -0.2) is 41.9 Å². The smallest absolute Gasteiger partial charge is 0.219 e. The van der Waals surface area contributed by atoms with Crippen molar-refractivity contribution in [2.75, 3.05) is 26.2 Å². The van der Waals surface area contributed by atoms with Gasteiger partial charge in [-0.3, -0.25) is 4.79 Å². The molecule has 2 aliphatic rings. The van der Waals surface area contributed by atoms with Crippen LogP contribution in [0.15, 0.2) is 42.5 Å². The van der Waals surface area contributed by atoms with Gasteiger partial charge in [-0.25, -0.2) is 0 Å². The van der Waals surface area contributed by atoms with Crippen LogP contribution in [0, 0.1) is 0 Å². The van der Waals surface area contributed by atoms with E-state index < -0.39 is 0 Å². The van der Waals surface area contributed by atoms with Gasteiger partial charge in [-0.05, 0) is 30.3 Å². The van der Waals surface area contributed by atoms with Gasteiger partial charge in [0.1, 0.15) is 11.5 Å². The molecule has 128 valence electrons. The normalized spacial score (nSPS) is 16.3. The Morgan fingerprint density at radius 3 is 2.56 bits per heavy atom. The molecule has 5 heteroatoms. The van der Waals surface area contributed by atoms with E-state index in [4.69, 9.17) is 16.3 Å². The van der Waals surface area contributed by atoms with E-state index in [1.165, 1.54) is 0 Å². The van der Waals surface area contributed by atoms with Crippen LogP contribution in [-0.2, 0) is 4.79 Å². The molecule has 0 atom stereocenters. The SMILES string of the molecule is CC(=O)N1CCN(C2=Cc3ccccc3Oc3ccc(Cl)cc32)CC1. The highest BCUT2D eigenvalue weighted by atomic mass is 35.5. The van der Waals surface area contributed by atoms with E-state index in [0.29, 0.717) is 5.02 Å². The number of para-hydroxylation sites is 1. The Balaban J connectivity index is 1.76. The van der Waals surface area contributed by atoms with Crippen molar-refractivity contribution < 1.29 is 9.53 Å². The van der Waals surface area contributed by atoms with Crippen molar-refractivity contribution in [3.8, 4) is 11.5 Å². The largest absolute Gasteiger partial charge is 0.456 e. The standard InChI is InChI=1S/C20H19ClN2O2/c1-14(24)22-8-10-23(11-9-22)18-12-15-4-2-3-5-19(15)25-20-7-6-16(21)13-17(18)20/h2-7,12-13H,8-11H2,1H3. The molecule has 0 aliphatic carbocycles. The molecule has 2 aromatic rings. The van der Waals surface area contributed by atoms with Gasteiger partial charge in [-0.2, -0.15) is 0 Å². The fourth-order valence-electron chi connectivity index (χ4n) is 3.35. The first-order chi connectivity index (χ1) is 12.1. The van der Waals surface area contributed by atoms with Crippen LogP contribution in [0.3, 0.4) is 0 Å². The maximum absolute atomic E-state index is 11.6. The molecule has 0 radical (unpaired) electrons. The minimum absolute atomic E-state index is 0.131. The minimum Gasteiger partial charge on any atom is -0.456 e. The van der Waals surface area contributed by atoms with Crippen LogP contribution >= 0.6 is 11.6 Å². The van der Waals surface area contributed by atoms with E-state index >= 15 is 0 Å². The summed E-state index contributed by atoms with van der Waals surface area (Å²) in [5.41, 5.74) is 3.12. The molecule has 0 unspecified atom stereocenters. The highest BCUT2D eigenvalue weighted by Crippen LogP contribution is 2.40. The second kappa shape index (κ2) is 6.45. The monoisotopic (exact) mass is 354 g/mol. The molecule has 0 spiro atoms. The first kappa shape index (κ1) is 16.0. The first-order valence-corrected chi connectivity index (χ1v) is 8.78.